The Morgan fingerprint density at radius 1 is 1.19 bits per heavy atom. The number of carbonyl (C=O) groups is 1. The van der Waals surface area contributed by atoms with Crippen LogP contribution in [0.2, 0.25) is 0 Å². The minimum Gasteiger partial charge on any atom is -0.368 e. The number of hydrogen-bond acceptors (Lipinski definition) is 6. The minimum atomic E-state index is -0.193. The van der Waals surface area contributed by atoms with Gasteiger partial charge in [0.05, 0.1) is 11.6 Å². The number of amides is 1. The maximum Gasteiger partial charge on any atom is 0.251 e. The molecule has 27 heavy (non-hydrogen) atoms. The van der Waals surface area contributed by atoms with Gasteiger partial charge < -0.3 is 15.5 Å². The summed E-state index contributed by atoms with van der Waals surface area (Å²) in [6, 6.07) is 10.7. The summed E-state index contributed by atoms with van der Waals surface area (Å²) >= 11 is 0. The van der Waals surface area contributed by atoms with Crippen molar-refractivity contribution in [3.8, 4) is 6.07 Å². The SMILES string of the molecule is Cc1nc(NCCNC(=O)c2cccc(C#N)c2)cc(N2CCCCC2)n1. The average Bonchev–Trinajstić information content (AvgIpc) is 2.71. The predicted octanol–water partition coefficient (Wildman–Crippen LogP) is 2.49. The second-order valence-corrected chi connectivity index (χ2v) is 6.58. The second kappa shape index (κ2) is 8.99. The number of rotatable bonds is 6. The Morgan fingerprint density at radius 3 is 2.78 bits per heavy atom. The summed E-state index contributed by atoms with van der Waals surface area (Å²) in [6.45, 7) is 4.97. The normalized spacial score (nSPS) is 13.7. The van der Waals surface area contributed by atoms with Gasteiger partial charge in [0.25, 0.3) is 5.91 Å². The second-order valence-electron chi connectivity index (χ2n) is 6.58. The van der Waals surface area contributed by atoms with E-state index in [1.807, 2.05) is 19.1 Å². The number of hydrogen-bond donors (Lipinski definition) is 2. The third-order valence-corrected chi connectivity index (χ3v) is 4.48. The lowest BCUT2D eigenvalue weighted by Crippen LogP contribution is -2.31. The lowest BCUT2D eigenvalue weighted by molar-refractivity contribution is 0.0955. The van der Waals surface area contributed by atoms with Crippen molar-refractivity contribution >= 4 is 17.5 Å². The number of nitrogens with one attached hydrogen (secondary N) is 2. The first-order valence-electron chi connectivity index (χ1n) is 9.28. The van der Waals surface area contributed by atoms with Gasteiger partial charge in [-0.3, -0.25) is 4.79 Å². The van der Waals surface area contributed by atoms with Gasteiger partial charge in [-0.05, 0) is 44.4 Å². The number of carbonyl (C=O) groups excluding carboxylic acids is 1. The highest BCUT2D eigenvalue weighted by atomic mass is 16.1. The van der Waals surface area contributed by atoms with Crippen LogP contribution in [0.1, 0.15) is 41.0 Å². The Labute approximate surface area is 159 Å². The van der Waals surface area contributed by atoms with E-state index in [1.54, 1.807) is 24.3 Å². The number of anilines is 2. The smallest absolute Gasteiger partial charge is 0.251 e. The van der Waals surface area contributed by atoms with Crippen molar-refractivity contribution < 1.29 is 4.79 Å². The highest BCUT2D eigenvalue weighted by Gasteiger charge is 2.13. The Morgan fingerprint density at radius 2 is 2.00 bits per heavy atom. The van der Waals surface area contributed by atoms with Crippen molar-refractivity contribution in [2.24, 2.45) is 0 Å². The van der Waals surface area contributed by atoms with E-state index in [0.717, 1.165) is 30.5 Å². The van der Waals surface area contributed by atoms with Crippen LogP contribution in [0.4, 0.5) is 11.6 Å². The van der Waals surface area contributed by atoms with Gasteiger partial charge in [-0.15, -0.1) is 0 Å². The monoisotopic (exact) mass is 364 g/mol. The van der Waals surface area contributed by atoms with Crippen LogP contribution in [0.5, 0.6) is 0 Å². The molecular formula is C20H24N6O. The molecule has 1 saturated heterocycles. The molecule has 0 spiro atoms. The van der Waals surface area contributed by atoms with Gasteiger partial charge in [-0.2, -0.15) is 5.26 Å². The van der Waals surface area contributed by atoms with Crippen molar-refractivity contribution in [1.29, 1.82) is 5.26 Å². The molecule has 7 nitrogen and oxygen atoms in total. The lowest BCUT2D eigenvalue weighted by atomic mass is 10.1. The summed E-state index contributed by atoms with van der Waals surface area (Å²) in [7, 11) is 0. The molecule has 2 N–H and O–H groups in total. The fourth-order valence-electron chi connectivity index (χ4n) is 3.13. The number of nitrogens with zero attached hydrogens (tertiary/aromatic N) is 4. The third kappa shape index (κ3) is 5.17. The first-order valence-corrected chi connectivity index (χ1v) is 9.28. The van der Waals surface area contributed by atoms with Crippen LogP contribution in [-0.4, -0.2) is 42.1 Å². The van der Waals surface area contributed by atoms with Gasteiger partial charge >= 0.3 is 0 Å². The van der Waals surface area contributed by atoms with Crippen molar-refractivity contribution in [2.75, 3.05) is 36.4 Å². The highest BCUT2D eigenvalue weighted by molar-refractivity contribution is 5.94. The van der Waals surface area contributed by atoms with Crippen LogP contribution >= 0.6 is 0 Å². The maximum absolute atomic E-state index is 12.2. The maximum atomic E-state index is 12.2. The Hall–Kier alpha value is -3.14. The first-order chi connectivity index (χ1) is 13.2. The third-order valence-electron chi connectivity index (χ3n) is 4.48. The van der Waals surface area contributed by atoms with Gasteiger partial charge in [0.2, 0.25) is 0 Å². The first kappa shape index (κ1) is 18.6. The molecule has 140 valence electrons. The molecule has 0 unspecified atom stereocenters. The van der Waals surface area contributed by atoms with Crippen LogP contribution < -0.4 is 15.5 Å². The van der Waals surface area contributed by atoms with Crippen molar-refractivity contribution in [2.45, 2.75) is 26.2 Å². The Balaban J connectivity index is 1.52. The topological polar surface area (TPSA) is 93.9 Å². The summed E-state index contributed by atoms with van der Waals surface area (Å²) in [6.07, 6.45) is 3.68. The summed E-state index contributed by atoms with van der Waals surface area (Å²) in [4.78, 5) is 23.4. The van der Waals surface area contributed by atoms with E-state index in [4.69, 9.17) is 5.26 Å². The van der Waals surface area contributed by atoms with Crippen molar-refractivity contribution in [3.05, 3.63) is 47.3 Å². The molecule has 3 rings (SSSR count). The van der Waals surface area contributed by atoms with Gasteiger partial charge in [-0.25, -0.2) is 9.97 Å². The fourth-order valence-corrected chi connectivity index (χ4v) is 3.13. The molecule has 1 aromatic carbocycles. The summed E-state index contributed by atoms with van der Waals surface area (Å²) in [5, 5.41) is 15.0. The van der Waals surface area contributed by atoms with Crippen molar-refractivity contribution in [1.82, 2.24) is 15.3 Å². The Bertz CT molecular complexity index is 839. The molecule has 2 aromatic rings. The molecule has 2 heterocycles. The van der Waals surface area contributed by atoms with Gasteiger partial charge in [0.15, 0.2) is 0 Å². The van der Waals surface area contributed by atoms with E-state index in [-0.39, 0.29) is 5.91 Å². The zero-order chi connectivity index (χ0) is 19.1. The number of aromatic nitrogens is 2. The van der Waals surface area contributed by atoms with Crippen LogP contribution in [0.15, 0.2) is 30.3 Å². The molecule has 7 heteroatoms. The fraction of sp³-hybridized carbons (Fsp3) is 0.400. The molecule has 0 bridgehead atoms. The zero-order valence-corrected chi connectivity index (χ0v) is 15.5. The van der Waals surface area contributed by atoms with Crippen LogP contribution in [0, 0.1) is 18.3 Å². The van der Waals surface area contributed by atoms with E-state index in [9.17, 15) is 4.79 Å². The van der Waals surface area contributed by atoms with E-state index < -0.39 is 0 Å². The molecule has 1 aliphatic rings. The predicted molar refractivity (Wildman–Crippen MR) is 105 cm³/mol. The molecule has 1 aliphatic heterocycles. The summed E-state index contributed by atoms with van der Waals surface area (Å²) < 4.78 is 0. The standard InChI is InChI=1S/C20H24N6O/c1-15-24-18(13-19(25-15)26-10-3-2-4-11-26)22-8-9-23-20(27)17-7-5-6-16(12-17)14-21/h5-7,12-13H,2-4,8-11H2,1H3,(H,23,27)(H,22,24,25). The van der Waals surface area contributed by atoms with Gasteiger partial charge in [-0.1, -0.05) is 6.07 Å². The van der Waals surface area contributed by atoms with E-state index >= 15 is 0 Å². The molecule has 0 atom stereocenters. The molecule has 0 aliphatic carbocycles. The zero-order valence-electron chi connectivity index (χ0n) is 15.5. The number of aryl methyl sites for hydroxylation is 1. The van der Waals surface area contributed by atoms with E-state index in [1.165, 1.54) is 19.3 Å². The highest BCUT2D eigenvalue weighted by Crippen LogP contribution is 2.20. The minimum absolute atomic E-state index is 0.193. The van der Waals surface area contributed by atoms with Crippen molar-refractivity contribution in [3.63, 3.8) is 0 Å². The number of piperidine rings is 1. The van der Waals surface area contributed by atoms with Gasteiger partial charge in [0.1, 0.15) is 17.5 Å². The number of benzene rings is 1. The lowest BCUT2D eigenvalue weighted by Gasteiger charge is -2.28. The molecule has 0 radical (unpaired) electrons. The largest absolute Gasteiger partial charge is 0.368 e. The van der Waals surface area contributed by atoms with Crippen LogP contribution in [0.3, 0.4) is 0 Å². The molecule has 1 fully saturated rings. The Kier molecular flexibility index (Phi) is 6.21. The molecular weight excluding hydrogens is 340 g/mol. The summed E-state index contributed by atoms with van der Waals surface area (Å²) in [5.74, 6) is 2.27. The molecule has 0 saturated carbocycles. The van der Waals surface area contributed by atoms with E-state index in [0.29, 0.717) is 24.2 Å². The molecule has 1 amide bonds. The van der Waals surface area contributed by atoms with Gasteiger partial charge in [0, 0.05) is 37.8 Å². The van der Waals surface area contributed by atoms with Crippen LogP contribution in [-0.2, 0) is 0 Å². The van der Waals surface area contributed by atoms with E-state index in [2.05, 4.69) is 25.5 Å². The summed E-state index contributed by atoms with van der Waals surface area (Å²) in [5.41, 5.74) is 0.960. The average molecular weight is 364 g/mol. The number of nitriles is 1. The molecule has 1 aromatic heterocycles. The quantitative estimate of drug-likeness (QED) is 0.765. The van der Waals surface area contributed by atoms with Crippen LogP contribution in [0.25, 0.3) is 0 Å².